The van der Waals surface area contributed by atoms with Gasteiger partial charge in [0.1, 0.15) is 12.4 Å². The van der Waals surface area contributed by atoms with Crippen molar-refractivity contribution in [1.82, 2.24) is 0 Å². The summed E-state index contributed by atoms with van der Waals surface area (Å²) < 4.78 is 23.9. The Morgan fingerprint density at radius 3 is 3.06 bits per heavy atom. The lowest BCUT2D eigenvalue weighted by Gasteiger charge is -2.22. The summed E-state index contributed by atoms with van der Waals surface area (Å²) in [6, 6.07) is 3.83. The Labute approximate surface area is 105 Å². The summed E-state index contributed by atoms with van der Waals surface area (Å²) >= 11 is 0. The van der Waals surface area contributed by atoms with Crippen LogP contribution < -0.4 is 5.73 Å². The van der Waals surface area contributed by atoms with E-state index in [9.17, 15) is 9.18 Å². The molecule has 0 spiro atoms. The molecule has 1 unspecified atom stereocenters. The predicted octanol–water partition coefficient (Wildman–Crippen LogP) is 2.13. The van der Waals surface area contributed by atoms with Gasteiger partial charge in [-0.3, -0.25) is 0 Å². The van der Waals surface area contributed by atoms with E-state index >= 15 is 0 Å². The molecule has 1 fully saturated rings. The van der Waals surface area contributed by atoms with Crippen LogP contribution in [0.2, 0.25) is 0 Å². The smallest absolute Gasteiger partial charge is 0.341 e. The quantitative estimate of drug-likeness (QED) is 0.662. The summed E-state index contributed by atoms with van der Waals surface area (Å²) in [6.45, 7) is 0.849. The maximum Gasteiger partial charge on any atom is 0.341 e. The van der Waals surface area contributed by atoms with E-state index in [1.165, 1.54) is 12.1 Å². The maximum absolute atomic E-state index is 13.4. The lowest BCUT2D eigenvalue weighted by atomic mass is 10.1. The fraction of sp³-hybridized carbons (Fsp3) is 0.462. The number of benzene rings is 1. The van der Waals surface area contributed by atoms with Crippen LogP contribution in [0.25, 0.3) is 0 Å². The Morgan fingerprint density at radius 2 is 2.33 bits per heavy atom. The number of halogens is 1. The van der Waals surface area contributed by atoms with Crippen LogP contribution in [0.1, 0.15) is 29.6 Å². The summed E-state index contributed by atoms with van der Waals surface area (Å²) in [4.78, 5) is 11.7. The van der Waals surface area contributed by atoms with E-state index in [1.54, 1.807) is 0 Å². The highest BCUT2D eigenvalue weighted by molar-refractivity contribution is 5.90. The lowest BCUT2D eigenvalue weighted by Crippen LogP contribution is -2.26. The van der Waals surface area contributed by atoms with Crippen LogP contribution in [0.4, 0.5) is 10.1 Å². The standard InChI is InChI=1S/C13H16FNO3/c14-12-5-4-9(15)7-11(12)13(16)18-8-10-3-1-2-6-17-10/h4-5,7,10H,1-3,6,8,15H2. The average molecular weight is 253 g/mol. The van der Waals surface area contributed by atoms with Crippen molar-refractivity contribution in [3.05, 3.63) is 29.6 Å². The second kappa shape index (κ2) is 5.82. The third-order valence-corrected chi connectivity index (χ3v) is 2.88. The van der Waals surface area contributed by atoms with Gasteiger partial charge in [-0.25, -0.2) is 9.18 Å². The molecular weight excluding hydrogens is 237 g/mol. The van der Waals surface area contributed by atoms with Gasteiger partial charge in [0.2, 0.25) is 0 Å². The molecule has 1 aromatic carbocycles. The third-order valence-electron chi connectivity index (χ3n) is 2.88. The normalized spacial score (nSPS) is 19.5. The molecule has 0 saturated carbocycles. The van der Waals surface area contributed by atoms with Crippen LogP contribution in [0, 0.1) is 5.82 Å². The predicted molar refractivity (Wildman–Crippen MR) is 64.7 cm³/mol. The topological polar surface area (TPSA) is 61.6 Å². The molecule has 1 saturated heterocycles. The molecule has 98 valence electrons. The van der Waals surface area contributed by atoms with Gasteiger partial charge in [0.25, 0.3) is 0 Å². The van der Waals surface area contributed by atoms with E-state index in [1.807, 2.05) is 0 Å². The fourth-order valence-electron chi connectivity index (χ4n) is 1.88. The van der Waals surface area contributed by atoms with Gasteiger partial charge in [-0.2, -0.15) is 0 Å². The van der Waals surface area contributed by atoms with Crippen LogP contribution >= 0.6 is 0 Å². The number of rotatable bonds is 3. The van der Waals surface area contributed by atoms with E-state index in [0.717, 1.165) is 25.3 Å². The summed E-state index contributed by atoms with van der Waals surface area (Å²) in [5.74, 6) is -1.33. The third kappa shape index (κ3) is 3.20. The summed E-state index contributed by atoms with van der Waals surface area (Å²) in [6.07, 6.45) is 2.89. The number of ether oxygens (including phenoxy) is 2. The van der Waals surface area contributed by atoms with Crippen LogP contribution in [0.15, 0.2) is 18.2 Å². The number of anilines is 1. The Bertz CT molecular complexity index is 430. The SMILES string of the molecule is Nc1ccc(F)c(C(=O)OCC2CCCCO2)c1. The van der Waals surface area contributed by atoms with Crippen molar-refractivity contribution in [2.75, 3.05) is 18.9 Å². The monoisotopic (exact) mass is 253 g/mol. The number of carbonyl (C=O) groups excluding carboxylic acids is 1. The van der Waals surface area contributed by atoms with E-state index in [-0.39, 0.29) is 18.3 Å². The van der Waals surface area contributed by atoms with Gasteiger partial charge in [0.15, 0.2) is 0 Å². The van der Waals surface area contributed by atoms with Gasteiger partial charge in [0.05, 0.1) is 11.7 Å². The van der Waals surface area contributed by atoms with Crippen molar-refractivity contribution in [2.24, 2.45) is 0 Å². The van der Waals surface area contributed by atoms with Crippen LogP contribution in [-0.2, 0) is 9.47 Å². The molecule has 0 bridgehead atoms. The molecule has 18 heavy (non-hydrogen) atoms. The highest BCUT2D eigenvalue weighted by Gasteiger charge is 2.18. The van der Waals surface area contributed by atoms with Crippen LogP contribution in [0.5, 0.6) is 0 Å². The van der Waals surface area contributed by atoms with Crippen LogP contribution in [0.3, 0.4) is 0 Å². The Balaban J connectivity index is 1.92. The van der Waals surface area contributed by atoms with E-state index in [0.29, 0.717) is 12.3 Å². The second-order valence-corrected chi connectivity index (χ2v) is 4.33. The first-order valence-corrected chi connectivity index (χ1v) is 6.00. The molecule has 1 aliphatic heterocycles. The molecule has 1 heterocycles. The molecule has 0 aliphatic carbocycles. The van der Waals surface area contributed by atoms with Crippen molar-refractivity contribution < 1.29 is 18.7 Å². The van der Waals surface area contributed by atoms with Gasteiger partial charge >= 0.3 is 5.97 Å². The molecule has 0 radical (unpaired) electrons. The fourth-order valence-corrected chi connectivity index (χ4v) is 1.88. The van der Waals surface area contributed by atoms with E-state index in [4.69, 9.17) is 15.2 Å². The molecule has 4 nitrogen and oxygen atoms in total. The van der Waals surface area contributed by atoms with Crippen molar-refractivity contribution in [1.29, 1.82) is 0 Å². The molecule has 5 heteroatoms. The first-order valence-electron chi connectivity index (χ1n) is 6.00. The number of carbonyl (C=O) groups is 1. The zero-order chi connectivity index (χ0) is 13.0. The van der Waals surface area contributed by atoms with Gasteiger partial charge in [-0.1, -0.05) is 0 Å². The average Bonchev–Trinajstić information content (AvgIpc) is 2.40. The number of nitrogens with two attached hydrogens (primary N) is 1. The van der Waals surface area contributed by atoms with Gasteiger partial charge in [-0.15, -0.1) is 0 Å². The molecular formula is C13H16FNO3. The minimum Gasteiger partial charge on any atom is -0.459 e. The Morgan fingerprint density at radius 1 is 1.50 bits per heavy atom. The molecule has 0 amide bonds. The number of nitrogen functional groups attached to an aromatic ring is 1. The molecule has 1 aliphatic rings. The van der Waals surface area contributed by atoms with Crippen molar-refractivity contribution in [2.45, 2.75) is 25.4 Å². The van der Waals surface area contributed by atoms with Crippen molar-refractivity contribution in [3.8, 4) is 0 Å². The lowest BCUT2D eigenvalue weighted by molar-refractivity contribution is -0.0301. The highest BCUT2D eigenvalue weighted by atomic mass is 19.1. The summed E-state index contributed by atoms with van der Waals surface area (Å²) in [5, 5.41) is 0. The molecule has 2 N–H and O–H groups in total. The van der Waals surface area contributed by atoms with Gasteiger partial charge < -0.3 is 15.2 Å². The maximum atomic E-state index is 13.4. The van der Waals surface area contributed by atoms with E-state index in [2.05, 4.69) is 0 Å². The number of hydrogen-bond acceptors (Lipinski definition) is 4. The Kier molecular flexibility index (Phi) is 4.15. The molecule has 0 aromatic heterocycles. The minimum atomic E-state index is -0.700. The molecule has 2 rings (SSSR count). The van der Waals surface area contributed by atoms with Crippen molar-refractivity contribution in [3.63, 3.8) is 0 Å². The van der Waals surface area contributed by atoms with Gasteiger partial charge in [-0.05, 0) is 37.5 Å². The van der Waals surface area contributed by atoms with Gasteiger partial charge in [0, 0.05) is 12.3 Å². The summed E-state index contributed by atoms with van der Waals surface area (Å²) in [5.41, 5.74) is 5.70. The van der Waals surface area contributed by atoms with Crippen molar-refractivity contribution >= 4 is 11.7 Å². The summed E-state index contributed by atoms with van der Waals surface area (Å²) in [7, 11) is 0. The minimum absolute atomic E-state index is 0.0770. The zero-order valence-corrected chi connectivity index (χ0v) is 10.0. The van der Waals surface area contributed by atoms with E-state index < -0.39 is 11.8 Å². The first kappa shape index (κ1) is 12.8. The largest absolute Gasteiger partial charge is 0.459 e. The molecule has 1 atom stereocenters. The Hall–Kier alpha value is -1.62. The zero-order valence-electron chi connectivity index (χ0n) is 10.0. The highest BCUT2D eigenvalue weighted by Crippen LogP contribution is 2.16. The number of esters is 1. The van der Waals surface area contributed by atoms with Crippen LogP contribution in [-0.4, -0.2) is 25.3 Å². The molecule has 1 aromatic rings. The number of hydrogen-bond donors (Lipinski definition) is 1. The second-order valence-electron chi connectivity index (χ2n) is 4.33. The first-order chi connectivity index (χ1) is 8.66.